The molecule has 0 aliphatic carbocycles. The van der Waals surface area contributed by atoms with Gasteiger partial charge in [0.25, 0.3) is 0 Å². The lowest BCUT2D eigenvalue weighted by Crippen LogP contribution is -2.50. The smallest absolute Gasteiger partial charge is 0.340 e. The van der Waals surface area contributed by atoms with Crippen molar-refractivity contribution >= 4 is 45.3 Å². The molecule has 0 atom stereocenters. The van der Waals surface area contributed by atoms with Gasteiger partial charge in [-0.25, -0.2) is 9.18 Å². The summed E-state index contributed by atoms with van der Waals surface area (Å²) in [7, 11) is 1.37. The number of thiocarbonyl (C=S) groups is 1. The quantitative estimate of drug-likeness (QED) is 0.448. The monoisotopic (exact) mass is 455 g/mol. The Morgan fingerprint density at radius 3 is 2.39 bits per heavy atom. The number of carbonyl (C=O) groups is 1. The molecule has 1 aliphatic heterocycles. The Morgan fingerprint density at radius 1 is 1.06 bits per heavy atom. The molecule has 5 nitrogen and oxygen atoms in total. The lowest BCUT2D eigenvalue weighted by atomic mass is 10.1. The van der Waals surface area contributed by atoms with Crippen molar-refractivity contribution in [3.8, 4) is 10.4 Å². The minimum Gasteiger partial charge on any atom is -0.465 e. The highest BCUT2D eigenvalue weighted by Crippen LogP contribution is 2.36. The predicted octanol–water partition coefficient (Wildman–Crippen LogP) is 4.86. The van der Waals surface area contributed by atoms with Gasteiger partial charge in [-0.05, 0) is 48.1 Å². The van der Waals surface area contributed by atoms with E-state index in [1.807, 2.05) is 36.4 Å². The van der Waals surface area contributed by atoms with Crippen LogP contribution in [0.25, 0.3) is 10.4 Å². The second-order valence-corrected chi connectivity index (χ2v) is 8.53. The number of anilines is 2. The summed E-state index contributed by atoms with van der Waals surface area (Å²) in [6, 6.07) is 18.3. The number of hydrogen-bond donors (Lipinski definition) is 1. The number of methoxy groups -OCH3 is 1. The van der Waals surface area contributed by atoms with Gasteiger partial charge in [-0.3, -0.25) is 0 Å². The zero-order valence-corrected chi connectivity index (χ0v) is 18.6. The summed E-state index contributed by atoms with van der Waals surface area (Å²) >= 11 is 7.11. The molecule has 0 amide bonds. The Kier molecular flexibility index (Phi) is 6.48. The maximum absolute atomic E-state index is 13.2. The molecule has 1 aromatic heterocycles. The van der Waals surface area contributed by atoms with Gasteiger partial charge in [0.15, 0.2) is 5.11 Å². The highest BCUT2D eigenvalue weighted by Gasteiger charge is 2.23. The molecule has 2 aromatic carbocycles. The summed E-state index contributed by atoms with van der Waals surface area (Å²) < 4.78 is 18.1. The van der Waals surface area contributed by atoms with Gasteiger partial charge in [-0.2, -0.15) is 0 Å². The Balaban J connectivity index is 1.45. The molecule has 1 N–H and O–H groups in total. The second kappa shape index (κ2) is 9.45. The lowest BCUT2D eigenvalue weighted by molar-refractivity contribution is 0.0602. The molecule has 0 radical (unpaired) electrons. The highest BCUT2D eigenvalue weighted by molar-refractivity contribution is 7.80. The Hall–Kier alpha value is -2.97. The molecule has 0 bridgehead atoms. The number of benzene rings is 2. The number of piperazine rings is 1. The van der Waals surface area contributed by atoms with Gasteiger partial charge in [0, 0.05) is 36.7 Å². The van der Waals surface area contributed by atoms with Crippen molar-refractivity contribution in [3.63, 3.8) is 0 Å². The number of hydrogen-bond acceptors (Lipinski definition) is 5. The SMILES string of the molecule is COC(=O)c1cc(-c2ccccc2)sc1NC(=S)N1CCN(c2ccc(F)cc2)CC1. The highest BCUT2D eigenvalue weighted by atomic mass is 32.1. The fourth-order valence-corrected chi connectivity index (χ4v) is 4.89. The fraction of sp³-hybridized carbons (Fsp3) is 0.217. The minimum atomic E-state index is -0.398. The summed E-state index contributed by atoms with van der Waals surface area (Å²) in [6.45, 7) is 3.01. The van der Waals surface area contributed by atoms with E-state index in [0.29, 0.717) is 15.7 Å². The van der Waals surface area contributed by atoms with Crippen LogP contribution >= 0.6 is 23.6 Å². The minimum absolute atomic E-state index is 0.236. The first kappa shape index (κ1) is 21.3. The molecular weight excluding hydrogens is 433 g/mol. The van der Waals surface area contributed by atoms with Gasteiger partial charge >= 0.3 is 5.97 Å². The summed E-state index contributed by atoms with van der Waals surface area (Å²) in [5.41, 5.74) is 2.50. The molecule has 31 heavy (non-hydrogen) atoms. The van der Waals surface area contributed by atoms with Gasteiger partial charge in [-0.15, -0.1) is 11.3 Å². The van der Waals surface area contributed by atoms with Gasteiger partial charge in [0.1, 0.15) is 10.8 Å². The lowest BCUT2D eigenvalue weighted by Gasteiger charge is -2.37. The van der Waals surface area contributed by atoms with Crippen molar-refractivity contribution in [3.05, 3.63) is 72.0 Å². The normalized spacial score (nSPS) is 13.7. The topological polar surface area (TPSA) is 44.8 Å². The third-order valence-electron chi connectivity index (χ3n) is 5.17. The first-order chi connectivity index (χ1) is 15.0. The maximum Gasteiger partial charge on any atom is 0.340 e. The standard InChI is InChI=1S/C23H22FN3O2S2/c1-29-22(28)19-15-20(16-5-3-2-4-6-16)31-21(19)25-23(30)27-13-11-26(12-14-27)18-9-7-17(24)8-10-18/h2-10,15H,11-14H2,1H3,(H,25,30). The van der Waals surface area contributed by atoms with Gasteiger partial charge in [0.2, 0.25) is 0 Å². The van der Waals surface area contributed by atoms with E-state index in [1.165, 1.54) is 30.6 Å². The van der Waals surface area contributed by atoms with Crippen LogP contribution in [0.4, 0.5) is 15.1 Å². The number of esters is 1. The molecule has 2 heterocycles. The van der Waals surface area contributed by atoms with Crippen LogP contribution < -0.4 is 10.2 Å². The molecule has 160 valence electrons. The first-order valence-electron chi connectivity index (χ1n) is 9.89. The summed E-state index contributed by atoms with van der Waals surface area (Å²) in [4.78, 5) is 17.6. The molecule has 1 aliphatic rings. The molecule has 4 rings (SSSR count). The number of carbonyl (C=O) groups excluding carboxylic acids is 1. The number of nitrogens with one attached hydrogen (secondary N) is 1. The van der Waals surface area contributed by atoms with E-state index in [9.17, 15) is 9.18 Å². The van der Waals surface area contributed by atoms with Crippen molar-refractivity contribution in [1.29, 1.82) is 0 Å². The van der Waals surface area contributed by atoms with Gasteiger partial charge in [-0.1, -0.05) is 30.3 Å². The summed E-state index contributed by atoms with van der Waals surface area (Å²) in [5.74, 6) is -0.634. The average molecular weight is 456 g/mol. The van der Waals surface area contributed by atoms with Crippen LogP contribution in [0.1, 0.15) is 10.4 Å². The third kappa shape index (κ3) is 4.86. The van der Waals surface area contributed by atoms with Crippen molar-refractivity contribution in [1.82, 2.24) is 4.90 Å². The second-order valence-electron chi connectivity index (χ2n) is 7.09. The third-order valence-corrected chi connectivity index (χ3v) is 6.63. The van der Waals surface area contributed by atoms with Crippen LogP contribution in [0.5, 0.6) is 0 Å². The van der Waals surface area contributed by atoms with Crippen LogP contribution in [0.2, 0.25) is 0 Å². The van der Waals surface area contributed by atoms with E-state index in [-0.39, 0.29) is 5.82 Å². The van der Waals surface area contributed by atoms with E-state index < -0.39 is 5.97 Å². The summed E-state index contributed by atoms with van der Waals surface area (Å²) in [5, 5.41) is 4.51. The Labute approximate surface area is 190 Å². The summed E-state index contributed by atoms with van der Waals surface area (Å²) in [6.07, 6.45) is 0. The molecule has 0 saturated carbocycles. The fourth-order valence-electron chi connectivity index (χ4n) is 3.49. The van der Waals surface area contributed by atoms with Crippen LogP contribution in [0, 0.1) is 5.82 Å². The van der Waals surface area contributed by atoms with E-state index in [1.54, 1.807) is 12.1 Å². The molecule has 3 aromatic rings. The van der Waals surface area contributed by atoms with Crippen molar-refractivity contribution in [2.75, 3.05) is 43.5 Å². The number of nitrogens with zero attached hydrogens (tertiary/aromatic N) is 2. The van der Waals surface area contributed by atoms with E-state index >= 15 is 0 Å². The molecule has 0 unspecified atom stereocenters. The van der Waals surface area contributed by atoms with Crippen LogP contribution in [-0.2, 0) is 4.74 Å². The molecule has 0 spiro atoms. The Bertz CT molecular complexity index is 1060. The Morgan fingerprint density at radius 2 is 1.74 bits per heavy atom. The number of halogens is 1. The zero-order valence-electron chi connectivity index (χ0n) is 17.0. The molecule has 1 saturated heterocycles. The van der Waals surface area contributed by atoms with Gasteiger partial charge in [0.05, 0.1) is 12.7 Å². The maximum atomic E-state index is 13.2. The van der Waals surface area contributed by atoms with Crippen LogP contribution in [-0.4, -0.2) is 49.3 Å². The molecular formula is C23H22FN3O2S2. The van der Waals surface area contributed by atoms with Crippen molar-refractivity contribution in [2.24, 2.45) is 0 Å². The largest absolute Gasteiger partial charge is 0.465 e. The number of rotatable bonds is 4. The predicted molar refractivity (Wildman–Crippen MR) is 128 cm³/mol. The van der Waals surface area contributed by atoms with E-state index in [2.05, 4.69) is 15.1 Å². The van der Waals surface area contributed by atoms with Gasteiger partial charge < -0.3 is 19.9 Å². The molecule has 1 fully saturated rings. The zero-order chi connectivity index (χ0) is 21.8. The first-order valence-corrected chi connectivity index (χ1v) is 11.1. The van der Waals surface area contributed by atoms with Crippen molar-refractivity contribution < 1.29 is 13.9 Å². The number of thiophene rings is 1. The number of ether oxygens (including phenoxy) is 1. The molecule has 8 heteroatoms. The van der Waals surface area contributed by atoms with E-state index in [0.717, 1.165) is 42.3 Å². The van der Waals surface area contributed by atoms with Crippen LogP contribution in [0.3, 0.4) is 0 Å². The van der Waals surface area contributed by atoms with Crippen molar-refractivity contribution in [2.45, 2.75) is 0 Å². The van der Waals surface area contributed by atoms with E-state index in [4.69, 9.17) is 17.0 Å². The average Bonchev–Trinajstić information content (AvgIpc) is 3.23. The van der Waals surface area contributed by atoms with Crippen LogP contribution in [0.15, 0.2) is 60.7 Å².